The van der Waals surface area contributed by atoms with Crippen molar-refractivity contribution in [1.29, 1.82) is 0 Å². The lowest BCUT2D eigenvalue weighted by Crippen LogP contribution is -2.43. The Morgan fingerprint density at radius 1 is 1.20 bits per heavy atom. The van der Waals surface area contributed by atoms with Crippen LogP contribution >= 0.6 is 0 Å². The predicted molar refractivity (Wildman–Crippen MR) is 94.8 cm³/mol. The van der Waals surface area contributed by atoms with Crippen molar-refractivity contribution in [3.8, 4) is 5.75 Å². The molecular weight excluding hydrogens is 318 g/mol. The van der Waals surface area contributed by atoms with Crippen molar-refractivity contribution in [2.75, 3.05) is 26.3 Å². The fraction of sp³-hybridized carbons (Fsp3) is 0.350. The average Bonchev–Trinajstić information content (AvgIpc) is 2.68. The summed E-state index contributed by atoms with van der Waals surface area (Å²) < 4.78 is 17.3. The van der Waals surface area contributed by atoms with E-state index in [-0.39, 0.29) is 18.2 Å². The van der Waals surface area contributed by atoms with Crippen LogP contribution in [0.3, 0.4) is 0 Å². The van der Waals surface area contributed by atoms with Crippen molar-refractivity contribution in [1.82, 2.24) is 5.32 Å². The number of ether oxygens (including phenoxy) is 3. The van der Waals surface area contributed by atoms with Gasteiger partial charge in [0.05, 0.1) is 13.2 Å². The molecule has 0 aromatic heterocycles. The third-order valence-corrected chi connectivity index (χ3v) is 4.06. The number of carbonyl (C=O) groups is 1. The van der Waals surface area contributed by atoms with Crippen molar-refractivity contribution >= 4 is 5.97 Å². The quantitative estimate of drug-likeness (QED) is 0.819. The monoisotopic (exact) mass is 341 g/mol. The van der Waals surface area contributed by atoms with Crippen LogP contribution in [0.25, 0.3) is 0 Å². The Labute approximate surface area is 147 Å². The molecule has 0 spiro atoms. The third kappa shape index (κ3) is 4.38. The van der Waals surface area contributed by atoms with Gasteiger partial charge in [0.25, 0.3) is 0 Å². The van der Waals surface area contributed by atoms with E-state index in [9.17, 15) is 4.79 Å². The van der Waals surface area contributed by atoms with Crippen LogP contribution in [0.2, 0.25) is 0 Å². The molecule has 1 aliphatic heterocycles. The van der Waals surface area contributed by atoms with Gasteiger partial charge in [0.2, 0.25) is 0 Å². The minimum atomic E-state index is -0.382. The Hall–Kier alpha value is -2.37. The van der Waals surface area contributed by atoms with Gasteiger partial charge >= 0.3 is 5.97 Å². The third-order valence-electron chi connectivity index (χ3n) is 4.06. The topological polar surface area (TPSA) is 56.8 Å². The van der Waals surface area contributed by atoms with Crippen LogP contribution in [0.15, 0.2) is 54.6 Å². The number of carbonyl (C=O) groups excluding carboxylic acids is 1. The van der Waals surface area contributed by atoms with Crippen molar-refractivity contribution in [2.45, 2.75) is 19.1 Å². The van der Waals surface area contributed by atoms with Gasteiger partial charge in [-0.1, -0.05) is 42.5 Å². The lowest BCUT2D eigenvalue weighted by atomic mass is 10.0. The number of esters is 1. The van der Waals surface area contributed by atoms with Crippen LogP contribution in [-0.2, 0) is 9.47 Å². The maximum Gasteiger partial charge on any atom is 0.341 e. The zero-order chi connectivity index (χ0) is 17.5. The summed E-state index contributed by atoms with van der Waals surface area (Å²) in [5.74, 6) is 0.122. The first-order chi connectivity index (χ1) is 12.3. The molecule has 2 aromatic rings. The molecular formula is C20H23NO4. The van der Waals surface area contributed by atoms with E-state index in [2.05, 4.69) is 5.32 Å². The predicted octanol–water partition coefficient (Wildman–Crippen LogP) is 2.97. The fourth-order valence-electron chi connectivity index (χ4n) is 2.87. The molecule has 132 valence electrons. The van der Waals surface area contributed by atoms with Crippen LogP contribution in [-0.4, -0.2) is 38.4 Å². The van der Waals surface area contributed by atoms with Gasteiger partial charge in [0.15, 0.2) is 6.10 Å². The van der Waals surface area contributed by atoms with Gasteiger partial charge in [0, 0.05) is 13.1 Å². The van der Waals surface area contributed by atoms with Gasteiger partial charge in [0.1, 0.15) is 17.4 Å². The van der Waals surface area contributed by atoms with Crippen LogP contribution in [0, 0.1) is 0 Å². The molecule has 2 unspecified atom stereocenters. The Bertz CT molecular complexity index is 683. The van der Waals surface area contributed by atoms with Gasteiger partial charge in [-0.05, 0) is 24.6 Å². The number of hydrogen-bond acceptors (Lipinski definition) is 5. The van der Waals surface area contributed by atoms with Crippen molar-refractivity contribution in [3.63, 3.8) is 0 Å². The summed E-state index contributed by atoms with van der Waals surface area (Å²) in [6.45, 7) is 4.27. The van der Waals surface area contributed by atoms with Gasteiger partial charge < -0.3 is 19.5 Å². The second kappa shape index (κ2) is 8.65. The zero-order valence-electron chi connectivity index (χ0n) is 14.3. The largest absolute Gasteiger partial charge is 0.482 e. The Morgan fingerprint density at radius 3 is 2.68 bits per heavy atom. The summed E-state index contributed by atoms with van der Waals surface area (Å²) in [4.78, 5) is 12.2. The molecule has 25 heavy (non-hydrogen) atoms. The molecule has 2 aromatic carbocycles. The second-order valence-corrected chi connectivity index (χ2v) is 5.78. The average molecular weight is 341 g/mol. The number of para-hydroxylation sites is 1. The molecule has 1 aliphatic rings. The summed E-state index contributed by atoms with van der Waals surface area (Å²) >= 11 is 0. The van der Waals surface area contributed by atoms with Crippen LogP contribution in [0.4, 0.5) is 0 Å². The Morgan fingerprint density at radius 2 is 1.96 bits per heavy atom. The maximum absolute atomic E-state index is 12.2. The molecule has 5 nitrogen and oxygen atoms in total. The SMILES string of the molecule is CCOC(=O)c1ccccc1OC(c1ccccc1)C1CNCCO1. The van der Waals surface area contributed by atoms with Crippen molar-refractivity contribution in [2.24, 2.45) is 0 Å². The van der Waals surface area contributed by atoms with Gasteiger partial charge in [-0.15, -0.1) is 0 Å². The van der Waals surface area contributed by atoms with E-state index in [1.54, 1.807) is 25.1 Å². The minimum absolute atomic E-state index is 0.133. The van der Waals surface area contributed by atoms with E-state index in [4.69, 9.17) is 14.2 Å². The van der Waals surface area contributed by atoms with E-state index in [0.29, 0.717) is 31.1 Å². The molecule has 1 saturated heterocycles. The molecule has 0 bridgehead atoms. The van der Waals surface area contributed by atoms with Gasteiger partial charge in [-0.25, -0.2) is 4.79 Å². The first-order valence-electron chi connectivity index (χ1n) is 8.59. The Kier molecular flexibility index (Phi) is 6.04. The van der Waals surface area contributed by atoms with E-state index >= 15 is 0 Å². The summed E-state index contributed by atoms with van der Waals surface area (Å²) in [6, 6.07) is 17.1. The van der Waals surface area contributed by atoms with E-state index in [1.165, 1.54) is 0 Å². The highest BCUT2D eigenvalue weighted by Gasteiger charge is 2.29. The van der Waals surface area contributed by atoms with E-state index in [1.807, 2.05) is 36.4 Å². The normalized spacial score (nSPS) is 18.4. The highest BCUT2D eigenvalue weighted by molar-refractivity contribution is 5.92. The van der Waals surface area contributed by atoms with Crippen LogP contribution in [0.1, 0.15) is 28.9 Å². The minimum Gasteiger partial charge on any atom is -0.482 e. The maximum atomic E-state index is 12.2. The van der Waals surface area contributed by atoms with Crippen LogP contribution in [0.5, 0.6) is 5.75 Å². The summed E-state index contributed by atoms with van der Waals surface area (Å²) in [6.07, 6.45) is -0.448. The van der Waals surface area contributed by atoms with Crippen molar-refractivity contribution < 1.29 is 19.0 Å². The summed E-state index contributed by atoms with van der Waals surface area (Å²) in [7, 11) is 0. The smallest absolute Gasteiger partial charge is 0.341 e. The van der Waals surface area contributed by atoms with E-state index in [0.717, 1.165) is 12.1 Å². The first kappa shape index (κ1) is 17.5. The van der Waals surface area contributed by atoms with Crippen molar-refractivity contribution in [3.05, 3.63) is 65.7 Å². The summed E-state index contributed by atoms with van der Waals surface area (Å²) in [5.41, 5.74) is 1.43. The van der Waals surface area contributed by atoms with E-state index < -0.39 is 0 Å². The van der Waals surface area contributed by atoms with Gasteiger partial charge in [-0.2, -0.15) is 0 Å². The molecule has 1 N–H and O–H groups in total. The fourth-order valence-corrected chi connectivity index (χ4v) is 2.87. The van der Waals surface area contributed by atoms with Gasteiger partial charge in [-0.3, -0.25) is 0 Å². The molecule has 2 atom stereocenters. The second-order valence-electron chi connectivity index (χ2n) is 5.78. The zero-order valence-corrected chi connectivity index (χ0v) is 14.3. The molecule has 0 radical (unpaired) electrons. The molecule has 0 saturated carbocycles. The Balaban J connectivity index is 1.89. The molecule has 0 amide bonds. The summed E-state index contributed by atoms with van der Waals surface area (Å²) in [5, 5.41) is 3.33. The number of benzene rings is 2. The molecule has 0 aliphatic carbocycles. The molecule has 5 heteroatoms. The highest BCUT2D eigenvalue weighted by atomic mass is 16.6. The standard InChI is InChI=1S/C20H23NO4/c1-2-23-20(22)16-10-6-7-11-17(16)25-19(15-8-4-3-5-9-15)18-14-21-12-13-24-18/h3-11,18-19,21H,2,12-14H2,1H3. The lowest BCUT2D eigenvalue weighted by molar-refractivity contribution is -0.0435. The first-order valence-corrected chi connectivity index (χ1v) is 8.59. The molecule has 1 fully saturated rings. The number of morpholine rings is 1. The lowest BCUT2D eigenvalue weighted by Gasteiger charge is -2.32. The highest BCUT2D eigenvalue weighted by Crippen LogP contribution is 2.30. The number of hydrogen-bond donors (Lipinski definition) is 1. The number of rotatable bonds is 6. The molecule has 1 heterocycles. The molecule has 3 rings (SSSR count). The van der Waals surface area contributed by atoms with Crippen LogP contribution < -0.4 is 10.1 Å². The number of nitrogens with one attached hydrogen (secondary N) is 1.